The van der Waals surface area contributed by atoms with Crippen molar-refractivity contribution in [3.05, 3.63) is 12.2 Å². The molecule has 0 spiro atoms. The Hall–Kier alpha value is -1.52. The summed E-state index contributed by atoms with van der Waals surface area (Å²) in [5.41, 5.74) is -0.721. The lowest BCUT2D eigenvalue weighted by molar-refractivity contribution is -0.142. The molecule has 0 bridgehead atoms. The van der Waals surface area contributed by atoms with E-state index in [4.69, 9.17) is 4.74 Å². The van der Waals surface area contributed by atoms with Crippen LogP contribution in [0, 0.1) is 0 Å². The van der Waals surface area contributed by atoms with Gasteiger partial charge in [0.1, 0.15) is 5.60 Å². The highest BCUT2D eigenvalue weighted by Gasteiger charge is 2.49. The van der Waals surface area contributed by atoms with Crippen molar-refractivity contribution < 1.29 is 19.4 Å². The van der Waals surface area contributed by atoms with Crippen LogP contribution in [0.15, 0.2) is 12.2 Å². The molecule has 0 aromatic rings. The quantitative estimate of drug-likeness (QED) is 0.731. The van der Waals surface area contributed by atoms with Crippen molar-refractivity contribution in [1.29, 1.82) is 0 Å². The summed E-state index contributed by atoms with van der Waals surface area (Å²) in [5.74, 6) is -1.07. The lowest BCUT2D eigenvalue weighted by Gasteiger charge is -2.35. The Balaban J connectivity index is 3.05. The molecule has 0 radical (unpaired) electrons. The Morgan fingerprint density at radius 1 is 1.44 bits per heavy atom. The van der Waals surface area contributed by atoms with Crippen molar-refractivity contribution in [3.63, 3.8) is 0 Å². The van der Waals surface area contributed by atoms with Gasteiger partial charge in [-0.2, -0.15) is 0 Å². The number of carbonyl (C=O) groups is 2. The normalized spacial score (nSPS) is 23.1. The molecule has 1 fully saturated rings. The number of aliphatic carboxylic acids is 1. The molecular formula is C13H21NO4. The van der Waals surface area contributed by atoms with Crippen LogP contribution in [0.2, 0.25) is 0 Å². The van der Waals surface area contributed by atoms with Crippen LogP contribution in [0.4, 0.5) is 4.79 Å². The van der Waals surface area contributed by atoms with Gasteiger partial charge in [0.05, 0.1) is 0 Å². The zero-order chi connectivity index (χ0) is 14.3. The molecular weight excluding hydrogens is 234 g/mol. The first-order valence-corrected chi connectivity index (χ1v) is 5.88. The summed E-state index contributed by atoms with van der Waals surface area (Å²) in [5, 5.41) is 9.22. The largest absolute Gasteiger partial charge is 0.479 e. The second-order valence-corrected chi connectivity index (χ2v) is 6.24. The van der Waals surface area contributed by atoms with E-state index in [-0.39, 0.29) is 0 Å². The van der Waals surface area contributed by atoms with E-state index in [2.05, 4.69) is 6.58 Å². The van der Waals surface area contributed by atoms with Crippen LogP contribution in [0.5, 0.6) is 0 Å². The Labute approximate surface area is 107 Å². The number of hydrogen-bond donors (Lipinski definition) is 1. The Kier molecular flexibility index (Phi) is 3.47. The summed E-state index contributed by atoms with van der Waals surface area (Å²) in [4.78, 5) is 24.7. The van der Waals surface area contributed by atoms with Gasteiger partial charge in [-0.05, 0) is 46.6 Å². The first kappa shape index (κ1) is 14.5. The summed E-state index contributed by atoms with van der Waals surface area (Å²) >= 11 is 0. The Bertz CT molecular complexity index is 392. The monoisotopic (exact) mass is 255 g/mol. The van der Waals surface area contributed by atoms with Crippen LogP contribution in [-0.4, -0.2) is 39.3 Å². The number of likely N-dealkylation sites (tertiary alicyclic amines) is 1. The lowest BCUT2D eigenvalue weighted by atomic mass is 10.0. The zero-order valence-corrected chi connectivity index (χ0v) is 11.6. The van der Waals surface area contributed by atoms with Gasteiger partial charge in [0.2, 0.25) is 0 Å². The van der Waals surface area contributed by atoms with E-state index in [0.717, 1.165) is 0 Å². The molecule has 0 aromatic carbocycles. The number of carbonyl (C=O) groups excluding carboxylic acids is 1. The number of amides is 1. The lowest BCUT2D eigenvalue weighted by Crippen LogP contribution is -2.51. The minimum atomic E-state index is -1.07. The van der Waals surface area contributed by atoms with E-state index in [1.165, 1.54) is 4.90 Å². The fraction of sp³-hybridized carbons (Fsp3) is 0.692. The van der Waals surface area contributed by atoms with E-state index in [1.54, 1.807) is 20.8 Å². The second-order valence-electron chi connectivity index (χ2n) is 6.24. The average Bonchev–Trinajstić information content (AvgIpc) is 2.31. The molecule has 0 aliphatic carbocycles. The molecule has 1 heterocycles. The maximum atomic E-state index is 12.1. The van der Waals surface area contributed by atoms with Gasteiger partial charge in [-0.1, -0.05) is 6.58 Å². The van der Waals surface area contributed by atoms with Gasteiger partial charge in [-0.25, -0.2) is 9.59 Å². The molecule has 5 heteroatoms. The van der Waals surface area contributed by atoms with Crippen LogP contribution in [0.25, 0.3) is 0 Å². The van der Waals surface area contributed by atoms with E-state index < -0.39 is 29.2 Å². The molecule has 1 saturated heterocycles. The van der Waals surface area contributed by atoms with E-state index in [1.807, 2.05) is 13.8 Å². The summed E-state index contributed by atoms with van der Waals surface area (Å²) in [6, 6.07) is -1.00. The molecule has 18 heavy (non-hydrogen) atoms. The van der Waals surface area contributed by atoms with Crippen molar-refractivity contribution in [2.24, 2.45) is 0 Å². The van der Waals surface area contributed by atoms with Crippen molar-refractivity contribution in [2.45, 2.75) is 58.2 Å². The fourth-order valence-corrected chi connectivity index (χ4v) is 2.22. The molecule has 1 atom stereocenters. The molecule has 0 saturated carbocycles. The van der Waals surface area contributed by atoms with Crippen LogP contribution >= 0.6 is 0 Å². The topological polar surface area (TPSA) is 66.8 Å². The molecule has 1 N–H and O–H groups in total. The minimum absolute atomic E-state index is 0.462. The second kappa shape index (κ2) is 4.30. The van der Waals surface area contributed by atoms with Crippen LogP contribution < -0.4 is 0 Å². The smallest absolute Gasteiger partial charge is 0.411 e. The third-order valence-electron chi connectivity index (χ3n) is 2.78. The predicted molar refractivity (Wildman–Crippen MR) is 67.3 cm³/mol. The number of carboxylic acid groups (broad SMARTS) is 1. The number of carboxylic acids is 1. The minimum Gasteiger partial charge on any atom is -0.479 e. The van der Waals surface area contributed by atoms with Gasteiger partial charge in [0, 0.05) is 5.54 Å². The molecule has 1 amide bonds. The third kappa shape index (κ3) is 2.83. The highest BCUT2D eigenvalue weighted by Crippen LogP contribution is 2.37. The van der Waals surface area contributed by atoms with Gasteiger partial charge in [0.25, 0.3) is 0 Å². The van der Waals surface area contributed by atoms with Gasteiger partial charge in [-0.3, -0.25) is 4.90 Å². The number of hydrogen-bond acceptors (Lipinski definition) is 3. The SMILES string of the molecule is C=C1CC(C)(C)N(C(=O)OC(C)(C)C)[C@H]1C(=O)O. The van der Waals surface area contributed by atoms with Crippen molar-refractivity contribution in [1.82, 2.24) is 4.90 Å². The standard InChI is InChI=1S/C13H21NO4/c1-8-7-13(5,6)14(9(8)10(15)16)11(17)18-12(2,3)4/h9H,1,7H2,2-6H3,(H,15,16)/t9-/m1/s1. The summed E-state index contributed by atoms with van der Waals surface area (Å²) in [7, 11) is 0. The van der Waals surface area contributed by atoms with Gasteiger partial charge in [0.15, 0.2) is 6.04 Å². The van der Waals surface area contributed by atoms with E-state index in [0.29, 0.717) is 12.0 Å². The molecule has 0 aromatic heterocycles. The predicted octanol–water partition coefficient (Wildman–Crippen LogP) is 2.42. The van der Waals surface area contributed by atoms with Gasteiger partial charge in [-0.15, -0.1) is 0 Å². The van der Waals surface area contributed by atoms with Crippen LogP contribution in [-0.2, 0) is 9.53 Å². The van der Waals surface area contributed by atoms with Crippen molar-refractivity contribution in [2.75, 3.05) is 0 Å². The van der Waals surface area contributed by atoms with Crippen molar-refractivity contribution in [3.8, 4) is 0 Å². The number of ether oxygens (including phenoxy) is 1. The van der Waals surface area contributed by atoms with Crippen LogP contribution in [0.1, 0.15) is 41.0 Å². The Morgan fingerprint density at radius 3 is 2.33 bits per heavy atom. The Morgan fingerprint density at radius 2 is 1.94 bits per heavy atom. The molecule has 102 valence electrons. The van der Waals surface area contributed by atoms with Crippen LogP contribution in [0.3, 0.4) is 0 Å². The maximum Gasteiger partial charge on any atom is 0.411 e. The molecule has 5 nitrogen and oxygen atoms in total. The maximum absolute atomic E-state index is 12.1. The average molecular weight is 255 g/mol. The zero-order valence-electron chi connectivity index (χ0n) is 11.6. The molecule has 1 aliphatic heterocycles. The summed E-state index contributed by atoms with van der Waals surface area (Å²) in [6.45, 7) is 12.6. The molecule has 0 unspecified atom stereocenters. The number of nitrogens with zero attached hydrogens (tertiary/aromatic N) is 1. The fourth-order valence-electron chi connectivity index (χ4n) is 2.22. The van der Waals surface area contributed by atoms with Gasteiger partial charge >= 0.3 is 12.1 Å². The van der Waals surface area contributed by atoms with E-state index in [9.17, 15) is 14.7 Å². The highest BCUT2D eigenvalue weighted by atomic mass is 16.6. The van der Waals surface area contributed by atoms with Gasteiger partial charge < -0.3 is 9.84 Å². The van der Waals surface area contributed by atoms with E-state index >= 15 is 0 Å². The molecule has 1 rings (SSSR count). The molecule has 1 aliphatic rings. The highest BCUT2D eigenvalue weighted by molar-refractivity contribution is 5.85. The summed E-state index contributed by atoms with van der Waals surface area (Å²) in [6.07, 6.45) is -0.151. The first-order valence-electron chi connectivity index (χ1n) is 5.88. The number of rotatable bonds is 1. The van der Waals surface area contributed by atoms with Crippen molar-refractivity contribution >= 4 is 12.1 Å². The summed E-state index contributed by atoms with van der Waals surface area (Å²) < 4.78 is 5.27. The third-order valence-corrected chi connectivity index (χ3v) is 2.78. The first-order chi connectivity index (χ1) is 7.96.